The van der Waals surface area contributed by atoms with Crippen LogP contribution in [0.5, 0.6) is 0 Å². The highest BCUT2D eigenvalue weighted by Gasteiger charge is 2.64. The van der Waals surface area contributed by atoms with Crippen LogP contribution in [-0.2, 0) is 0 Å². The Labute approximate surface area is 214 Å². The predicted octanol–water partition coefficient (Wildman–Crippen LogP) is 7.66. The molecule has 0 aliphatic heterocycles. The van der Waals surface area contributed by atoms with Crippen molar-refractivity contribution in [3.05, 3.63) is 41.5 Å². The van der Waals surface area contributed by atoms with Gasteiger partial charge in [-0.25, -0.2) is 0 Å². The quantitative estimate of drug-likeness (QED) is 0.456. The van der Waals surface area contributed by atoms with Crippen LogP contribution >= 0.6 is 0 Å². The second-order valence-corrected chi connectivity index (χ2v) is 13.6. The van der Waals surface area contributed by atoms with Crippen LogP contribution in [0.3, 0.4) is 0 Å². The van der Waals surface area contributed by atoms with Gasteiger partial charge in [-0.3, -0.25) is 0 Å². The molecule has 0 radical (unpaired) electrons. The number of aryl methyl sites for hydroxylation is 1. The van der Waals surface area contributed by atoms with E-state index in [1.54, 1.807) is 0 Å². The van der Waals surface area contributed by atoms with Crippen LogP contribution in [0.1, 0.15) is 96.6 Å². The minimum absolute atomic E-state index is 0.163. The number of hydrogen-bond donors (Lipinski definition) is 2. The molecule has 5 rings (SSSR count). The third-order valence-electron chi connectivity index (χ3n) is 12.0. The first-order chi connectivity index (χ1) is 16.7. The summed E-state index contributed by atoms with van der Waals surface area (Å²) in [6.45, 7) is 12.0. The summed E-state index contributed by atoms with van der Waals surface area (Å²) in [5.74, 6) is 4.01. The van der Waals surface area contributed by atoms with E-state index in [0.717, 1.165) is 38.0 Å². The molecule has 0 bridgehead atoms. The number of allylic oxidation sites excluding steroid dienone is 1. The van der Waals surface area contributed by atoms with E-state index in [1.807, 2.05) is 0 Å². The van der Waals surface area contributed by atoms with Crippen molar-refractivity contribution >= 4 is 6.08 Å². The summed E-state index contributed by atoms with van der Waals surface area (Å²) in [6.07, 6.45) is 14.8. The standard InChI is InChI=1S/C33H50O2/c1-6-25-29-20-24(34)16-18-33(29,5)28-17-19-32(4)26(14-15-27(32)30(28)31(25)35)22(3)8-7-9-23-12-10-21(2)11-13-23/h7,9-13,22,24-31,34-35H,6,8,14-20H2,1-5H3/b9-7+/t22-,24-,25-,26-,27?,28?,29+,30?,31-,32-,33-/m1/s1. The smallest absolute Gasteiger partial charge is 0.0605 e. The minimum Gasteiger partial charge on any atom is -0.393 e. The molecule has 0 amide bonds. The average molecular weight is 479 g/mol. The fourth-order valence-electron chi connectivity index (χ4n) is 10.2. The molecule has 3 unspecified atom stereocenters. The Bertz CT molecular complexity index is 904. The van der Waals surface area contributed by atoms with Gasteiger partial charge in [0.15, 0.2) is 0 Å². The molecule has 35 heavy (non-hydrogen) atoms. The van der Waals surface area contributed by atoms with Crippen LogP contribution < -0.4 is 0 Å². The third-order valence-corrected chi connectivity index (χ3v) is 12.0. The summed E-state index contributed by atoms with van der Waals surface area (Å²) in [5.41, 5.74) is 3.27. The maximum Gasteiger partial charge on any atom is 0.0605 e. The van der Waals surface area contributed by atoms with E-state index in [-0.39, 0.29) is 12.2 Å². The van der Waals surface area contributed by atoms with Crippen molar-refractivity contribution in [3.63, 3.8) is 0 Å². The molecule has 1 aromatic carbocycles. The number of fused-ring (bicyclic) bond motifs is 5. The molecule has 194 valence electrons. The molecule has 4 saturated carbocycles. The van der Waals surface area contributed by atoms with Gasteiger partial charge in [0.1, 0.15) is 0 Å². The van der Waals surface area contributed by atoms with Gasteiger partial charge in [0.05, 0.1) is 12.2 Å². The van der Waals surface area contributed by atoms with E-state index >= 15 is 0 Å². The lowest BCUT2D eigenvalue weighted by Gasteiger charge is -2.64. The molecule has 2 heteroatoms. The first-order valence-electron chi connectivity index (χ1n) is 14.8. The van der Waals surface area contributed by atoms with Crippen LogP contribution in [-0.4, -0.2) is 22.4 Å². The van der Waals surface area contributed by atoms with Gasteiger partial charge in [-0.05, 0) is 116 Å². The van der Waals surface area contributed by atoms with Crippen molar-refractivity contribution in [1.29, 1.82) is 0 Å². The maximum atomic E-state index is 11.9. The number of aliphatic hydroxyl groups is 2. The van der Waals surface area contributed by atoms with Crippen molar-refractivity contribution in [2.45, 2.75) is 105 Å². The molecular formula is C33H50O2. The molecule has 1 aromatic rings. The van der Waals surface area contributed by atoms with Gasteiger partial charge in [0.25, 0.3) is 0 Å². The summed E-state index contributed by atoms with van der Waals surface area (Å²) in [5, 5.41) is 22.4. The molecule has 4 fully saturated rings. The number of benzene rings is 1. The van der Waals surface area contributed by atoms with Crippen molar-refractivity contribution < 1.29 is 10.2 Å². The van der Waals surface area contributed by atoms with E-state index in [0.29, 0.717) is 46.3 Å². The topological polar surface area (TPSA) is 40.5 Å². The summed E-state index contributed by atoms with van der Waals surface area (Å²) in [4.78, 5) is 0. The highest BCUT2D eigenvalue weighted by molar-refractivity contribution is 5.49. The van der Waals surface area contributed by atoms with Crippen LogP contribution in [0.2, 0.25) is 0 Å². The second kappa shape index (κ2) is 9.64. The van der Waals surface area contributed by atoms with Gasteiger partial charge in [0, 0.05) is 0 Å². The largest absolute Gasteiger partial charge is 0.393 e. The zero-order valence-electron chi connectivity index (χ0n) is 22.9. The molecule has 0 aromatic heterocycles. The highest BCUT2D eigenvalue weighted by atomic mass is 16.3. The number of hydrogen-bond acceptors (Lipinski definition) is 2. The summed E-state index contributed by atoms with van der Waals surface area (Å²) in [6, 6.07) is 8.83. The van der Waals surface area contributed by atoms with E-state index < -0.39 is 0 Å². The fourth-order valence-corrected chi connectivity index (χ4v) is 10.2. The molecule has 11 atom stereocenters. The molecule has 4 aliphatic carbocycles. The van der Waals surface area contributed by atoms with Crippen LogP contribution in [0.25, 0.3) is 6.08 Å². The minimum atomic E-state index is -0.187. The van der Waals surface area contributed by atoms with Gasteiger partial charge >= 0.3 is 0 Å². The summed E-state index contributed by atoms with van der Waals surface area (Å²) in [7, 11) is 0. The van der Waals surface area contributed by atoms with E-state index in [9.17, 15) is 10.2 Å². The number of aliphatic hydroxyl groups excluding tert-OH is 2. The zero-order valence-corrected chi connectivity index (χ0v) is 22.9. The van der Waals surface area contributed by atoms with Crippen molar-refractivity contribution in [1.82, 2.24) is 0 Å². The van der Waals surface area contributed by atoms with Gasteiger partial charge in [-0.2, -0.15) is 0 Å². The molecule has 0 heterocycles. The van der Waals surface area contributed by atoms with Gasteiger partial charge < -0.3 is 10.2 Å². The van der Waals surface area contributed by atoms with Gasteiger partial charge in [-0.15, -0.1) is 0 Å². The van der Waals surface area contributed by atoms with Crippen molar-refractivity contribution in [2.24, 2.45) is 52.3 Å². The van der Waals surface area contributed by atoms with Gasteiger partial charge in [0.2, 0.25) is 0 Å². The third kappa shape index (κ3) is 4.25. The Morgan fingerprint density at radius 1 is 0.943 bits per heavy atom. The lowest BCUT2D eigenvalue weighted by atomic mass is 9.41. The lowest BCUT2D eigenvalue weighted by molar-refractivity contribution is -0.203. The first kappa shape index (κ1) is 25.5. The molecule has 0 saturated heterocycles. The molecule has 2 nitrogen and oxygen atoms in total. The Morgan fingerprint density at radius 3 is 2.34 bits per heavy atom. The van der Waals surface area contributed by atoms with Crippen molar-refractivity contribution in [3.8, 4) is 0 Å². The average Bonchev–Trinajstić information content (AvgIpc) is 3.19. The number of rotatable bonds is 5. The fraction of sp³-hybridized carbons (Fsp3) is 0.758. The normalized spacial score (nSPS) is 46.1. The van der Waals surface area contributed by atoms with Crippen molar-refractivity contribution in [2.75, 3.05) is 0 Å². The van der Waals surface area contributed by atoms with Gasteiger partial charge in [-0.1, -0.05) is 76.1 Å². The van der Waals surface area contributed by atoms with E-state index in [2.05, 4.69) is 71.0 Å². The molecular weight excluding hydrogens is 428 g/mol. The lowest BCUT2D eigenvalue weighted by Crippen LogP contribution is -2.62. The molecule has 2 N–H and O–H groups in total. The Morgan fingerprint density at radius 2 is 1.63 bits per heavy atom. The first-order valence-corrected chi connectivity index (χ1v) is 14.8. The summed E-state index contributed by atoms with van der Waals surface area (Å²) < 4.78 is 0. The highest BCUT2D eigenvalue weighted by Crippen LogP contribution is 2.69. The summed E-state index contributed by atoms with van der Waals surface area (Å²) >= 11 is 0. The maximum absolute atomic E-state index is 11.9. The Balaban J connectivity index is 1.34. The van der Waals surface area contributed by atoms with E-state index in [1.165, 1.54) is 36.8 Å². The van der Waals surface area contributed by atoms with Crippen LogP contribution in [0.4, 0.5) is 0 Å². The Hall–Kier alpha value is -1.12. The van der Waals surface area contributed by atoms with E-state index in [4.69, 9.17) is 0 Å². The van der Waals surface area contributed by atoms with Crippen LogP contribution in [0.15, 0.2) is 30.3 Å². The predicted molar refractivity (Wildman–Crippen MR) is 146 cm³/mol. The monoisotopic (exact) mass is 478 g/mol. The SMILES string of the molecule is CC[C@H]1[C@@H](O)C2C3CC[C@H]([C@H](C)C/C=C/c4ccc(C)cc4)[C@@]3(C)CCC2[C@@]2(C)CC[C@@H](O)C[C@@H]12. The zero-order chi connectivity index (χ0) is 25.0. The molecule has 4 aliphatic rings. The molecule has 0 spiro atoms. The van der Waals surface area contributed by atoms with Crippen LogP contribution in [0, 0.1) is 59.2 Å². The Kier molecular flexibility index (Phi) is 7.03. The second-order valence-electron chi connectivity index (χ2n) is 13.6.